The van der Waals surface area contributed by atoms with Gasteiger partial charge in [0.2, 0.25) is 5.91 Å². The molecule has 3 nitrogen and oxygen atoms in total. The lowest BCUT2D eigenvalue weighted by Crippen LogP contribution is -2.34. The number of hydrogen-bond donors (Lipinski definition) is 2. The zero-order valence-electron chi connectivity index (χ0n) is 11.9. The molecule has 1 saturated carbocycles. The van der Waals surface area contributed by atoms with Gasteiger partial charge in [0, 0.05) is 12.5 Å². The highest BCUT2D eigenvalue weighted by Gasteiger charge is 2.29. The van der Waals surface area contributed by atoms with E-state index in [9.17, 15) is 4.79 Å². The lowest BCUT2D eigenvalue weighted by molar-refractivity contribution is -0.122. The molecule has 2 atom stereocenters. The topological polar surface area (TPSA) is 55.1 Å². The summed E-state index contributed by atoms with van der Waals surface area (Å²) >= 11 is 0. The predicted octanol–water partition coefficient (Wildman–Crippen LogP) is 2.55. The standard InChI is InChI=1S/C16H24N2O/c1-3-12-4-6-13(7-5-12)11(2)18-16(19)10-15(17)14-8-9-14/h4-7,11,14-15H,3,8-10,17H2,1-2H3,(H,18,19). The van der Waals surface area contributed by atoms with Crippen LogP contribution >= 0.6 is 0 Å². The SMILES string of the molecule is CCc1ccc(C(C)NC(=O)CC(N)C2CC2)cc1. The summed E-state index contributed by atoms with van der Waals surface area (Å²) in [6.45, 7) is 4.15. The molecule has 1 amide bonds. The molecule has 0 bridgehead atoms. The van der Waals surface area contributed by atoms with E-state index in [0.29, 0.717) is 12.3 Å². The highest BCUT2D eigenvalue weighted by molar-refractivity contribution is 5.77. The molecule has 0 spiro atoms. The third-order valence-corrected chi connectivity index (χ3v) is 3.91. The minimum atomic E-state index is 0.0367. The summed E-state index contributed by atoms with van der Waals surface area (Å²) < 4.78 is 0. The Morgan fingerprint density at radius 3 is 2.53 bits per heavy atom. The van der Waals surface area contributed by atoms with Gasteiger partial charge < -0.3 is 11.1 Å². The van der Waals surface area contributed by atoms with Gasteiger partial charge in [0.1, 0.15) is 0 Å². The zero-order chi connectivity index (χ0) is 13.8. The van der Waals surface area contributed by atoms with Gasteiger partial charge in [-0.05, 0) is 43.2 Å². The summed E-state index contributed by atoms with van der Waals surface area (Å²) in [5.74, 6) is 0.636. The Morgan fingerprint density at radius 2 is 2.00 bits per heavy atom. The number of aryl methyl sites for hydroxylation is 1. The van der Waals surface area contributed by atoms with Crippen LogP contribution in [0.2, 0.25) is 0 Å². The first-order valence-electron chi connectivity index (χ1n) is 7.24. The minimum Gasteiger partial charge on any atom is -0.350 e. The summed E-state index contributed by atoms with van der Waals surface area (Å²) in [5, 5.41) is 3.03. The van der Waals surface area contributed by atoms with Crippen LogP contribution in [0.3, 0.4) is 0 Å². The van der Waals surface area contributed by atoms with Gasteiger partial charge in [-0.2, -0.15) is 0 Å². The molecule has 1 aliphatic rings. The maximum atomic E-state index is 11.9. The van der Waals surface area contributed by atoms with E-state index in [1.54, 1.807) is 0 Å². The molecule has 3 N–H and O–H groups in total. The van der Waals surface area contributed by atoms with Crippen molar-refractivity contribution in [3.8, 4) is 0 Å². The maximum absolute atomic E-state index is 11.9. The lowest BCUT2D eigenvalue weighted by atomic mass is 10.0. The van der Waals surface area contributed by atoms with Gasteiger partial charge in [0.15, 0.2) is 0 Å². The molecule has 1 fully saturated rings. The second-order valence-corrected chi connectivity index (χ2v) is 5.59. The normalized spacial score (nSPS) is 17.8. The predicted molar refractivity (Wildman–Crippen MR) is 77.7 cm³/mol. The molecule has 0 saturated heterocycles. The molecular formula is C16H24N2O. The quantitative estimate of drug-likeness (QED) is 0.826. The number of carbonyl (C=O) groups is 1. The largest absolute Gasteiger partial charge is 0.350 e. The Balaban J connectivity index is 1.84. The van der Waals surface area contributed by atoms with Crippen molar-refractivity contribution in [2.75, 3.05) is 0 Å². The molecular weight excluding hydrogens is 236 g/mol. The van der Waals surface area contributed by atoms with Crippen molar-refractivity contribution in [2.24, 2.45) is 11.7 Å². The number of benzene rings is 1. The Hall–Kier alpha value is -1.35. The van der Waals surface area contributed by atoms with Crippen LogP contribution < -0.4 is 11.1 Å². The van der Waals surface area contributed by atoms with E-state index in [2.05, 4.69) is 36.5 Å². The van der Waals surface area contributed by atoms with Gasteiger partial charge in [-0.25, -0.2) is 0 Å². The third kappa shape index (κ3) is 4.06. The number of carbonyl (C=O) groups excluding carboxylic acids is 1. The smallest absolute Gasteiger partial charge is 0.222 e. The van der Waals surface area contributed by atoms with Crippen LogP contribution in [0.25, 0.3) is 0 Å². The van der Waals surface area contributed by atoms with Crippen molar-refractivity contribution in [1.29, 1.82) is 0 Å². The maximum Gasteiger partial charge on any atom is 0.222 e. The average Bonchev–Trinajstić information content (AvgIpc) is 3.22. The van der Waals surface area contributed by atoms with Crippen molar-refractivity contribution in [3.05, 3.63) is 35.4 Å². The Labute approximate surface area is 115 Å². The van der Waals surface area contributed by atoms with Gasteiger partial charge in [-0.3, -0.25) is 4.79 Å². The fourth-order valence-electron chi connectivity index (χ4n) is 2.33. The molecule has 0 aliphatic heterocycles. The Kier molecular flexibility index (Phi) is 4.59. The van der Waals surface area contributed by atoms with Crippen LogP contribution in [-0.4, -0.2) is 11.9 Å². The first-order valence-corrected chi connectivity index (χ1v) is 7.24. The fourth-order valence-corrected chi connectivity index (χ4v) is 2.33. The van der Waals surface area contributed by atoms with Crippen molar-refractivity contribution in [1.82, 2.24) is 5.32 Å². The first-order chi connectivity index (χ1) is 9.10. The van der Waals surface area contributed by atoms with E-state index in [-0.39, 0.29) is 18.0 Å². The van der Waals surface area contributed by atoms with Crippen LogP contribution in [0.1, 0.15) is 50.3 Å². The van der Waals surface area contributed by atoms with Gasteiger partial charge in [-0.1, -0.05) is 31.2 Å². The van der Waals surface area contributed by atoms with Crippen LogP contribution in [-0.2, 0) is 11.2 Å². The Bertz CT molecular complexity index is 423. The lowest BCUT2D eigenvalue weighted by Gasteiger charge is -2.16. The molecule has 1 aromatic rings. The zero-order valence-corrected chi connectivity index (χ0v) is 11.9. The second-order valence-electron chi connectivity index (χ2n) is 5.59. The van der Waals surface area contributed by atoms with E-state index >= 15 is 0 Å². The second kappa shape index (κ2) is 6.20. The van der Waals surface area contributed by atoms with E-state index in [4.69, 9.17) is 5.73 Å². The van der Waals surface area contributed by atoms with E-state index in [1.165, 1.54) is 18.4 Å². The van der Waals surface area contributed by atoms with Gasteiger partial charge in [0.25, 0.3) is 0 Å². The molecule has 104 valence electrons. The molecule has 1 aliphatic carbocycles. The first kappa shape index (κ1) is 14.1. The summed E-state index contributed by atoms with van der Waals surface area (Å²) in [6, 6.07) is 8.50. The number of nitrogens with two attached hydrogens (primary N) is 1. The average molecular weight is 260 g/mol. The molecule has 19 heavy (non-hydrogen) atoms. The molecule has 1 aromatic carbocycles. The monoisotopic (exact) mass is 260 g/mol. The van der Waals surface area contributed by atoms with Crippen molar-refractivity contribution in [2.45, 2.75) is 51.6 Å². The molecule has 0 radical (unpaired) electrons. The summed E-state index contributed by atoms with van der Waals surface area (Å²) in [6.07, 6.45) is 3.85. The van der Waals surface area contributed by atoms with Crippen LogP contribution in [0.15, 0.2) is 24.3 Å². The Morgan fingerprint density at radius 1 is 1.37 bits per heavy atom. The fraction of sp³-hybridized carbons (Fsp3) is 0.562. The van der Waals surface area contributed by atoms with Crippen LogP contribution in [0.5, 0.6) is 0 Å². The third-order valence-electron chi connectivity index (χ3n) is 3.91. The number of hydrogen-bond acceptors (Lipinski definition) is 2. The molecule has 2 unspecified atom stereocenters. The number of rotatable bonds is 6. The number of amides is 1. The molecule has 2 rings (SSSR count). The highest BCUT2D eigenvalue weighted by Crippen LogP contribution is 2.32. The van der Waals surface area contributed by atoms with Gasteiger partial charge in [0.05, 0.1) is 6.04 Å². The van der Waals surface area contributed by atoms with Crippen molar-refractivity contribution < 1.29 is 4.79 Å². The van der Waals surface area contributed by atoms with Crippen molar-refractivity contribution >= 4 is 5.91 Å². The van der Waals surface area contributed by atoms with Crippen LogP contribution in [0.4, 0.5) is 0 Å². The van der Waals surface area contributed by atoms with Gasteiger partial charge in [-0.15, -0.1) is 0 Å². The van der Waals surface area contributed by atoms with Gasteiger partial charge >= 0.3 is 0 Å². The number of nitrogens with one attached hydrogen (secondary N) is 1. The summed E-state index contributed by atoms with van der Waals surface area (Å²) in [7, 11) is 0. The highest BCUT2D eigenvalue weighted by atomic mass is 16.1. The van der Waals surface area contributed by atoms with Crippen LogP contribution in [0, 0.1) is 5.92 Å². The molecule has 0 heterocycles. The summed E-state index contributed by atoms with van der Waals surface area (Å²) in [5.41, 5.74) is 8.43. The van der Waals surface area contributed by atoms with Crippen molar-refractivity contribution in [3.63, 3.8) is 0 Å². The summed E-state index contributed by atoms with van der Waals surface area (Å²) in [4.78, 5) is 11.9. The molecule has 0 aromatic heterocycles. The van der Waals surface area contributed by atoms with E-state index < -0.39 is 0 Å². The van der Waals surface area contributed by atoms with E-state index in [0.717, 1.165) is 12.0 Å². The van der Waals surface area contributed by atoms with E-state index in [1.807, 2.05) is 6.92 Å². The minimum absolute atomic E-state index is 0.0367. The molecule has 3 heteroatoms.